The molecule has 0 aromatic carbocycles. The van der Waals surface area contributed by atoms with E-state index in [1.54, 1.807) is 7.11 Å². The molecule has 0 atom stereocenters. The zero-order valence-electron chi connectivity index (χ0n) is 10.2. The van der Waals surface area contributed by atoms with Gasteiger partial charge in [0.1, 0.15) is 5.60 Å². The quantitative estimate of drug-likeness (QED) is 0.607. The Balaban J connectivity index is 2.43. The van der Waals surface area contributed by atoms with Crippen molar-refractivity contribution in [2.75, 3.05) is 7.11 Å². The third-order valence-electron chi connectivity index (χ3n) is 3.48. The molecule has 1 fully saturated rings. The van der Waals surface area contributed by atoms with Crippen LogP contribution in [0, 0.1) is 5.82 Å². The van der Waals surface area contributed by atoms with Gasteiger partial charge in [-0.1, -0.05) is 48.9 Å². The molecule has 1 aromatic heterocycles. The Morgan fingerprint density at radius 1 is 1.06 bits per heavy atom. The van der Waals surface area contributed by atoms with Crippen LogP contribution in [0.2, 0.25) is 10.3 Å². The van der Waals surface area contributed by atoms with Gasteiger partial charge in [0.15, 0.2) is 21.9 Å². The van der Waals surface area contributed by atoms with Gasteiger partial charge in [0.05, 0.1) is 0 Å². The average Bonchev–Trinajstić information content (AvgIpc) is 2.61. The molecule has 0 bridgehead atoms. The van der Waals surface area contributed by atoms with E-state index in [9.17, 15) is 4.39 Å². The second-order valence-corrected chi connectivity index (χ2v) is 5.27. The lowest BCUT2D eigenvalue weighted by Crippen LogP contribution is -2.30. The Hall–Kier alpha value is -0.450. The van der Waals surface area contributed by atoms with Crippen LogP contribution in [0.3, 0.4) is 0 Å². The van der Waals surface area contributed by atoms with Crippen molar-refractivity contribution in [2.45, 2.75) is 44.1 Å². The number of hydrogen-bond acceptors (Lipinski definition) is 3. The maximum atomic E-state index is 13.4. The molecule has 1 heterocycles. The molecule has 3 nitrogen and oxygen atoms in total. The van der Waals surface area contributed by atoms with Crippen molar-refractivity contribution < 1.29 is 9.13 Å². The van der Waals surface area contributed by atoms with Gasteiger partial charge in [-0.3, -0.25) is 0 Å². The lowest BCUT2D eigenvalue weighted by atomic mass is 9.93. The summed E-state index contributed by atoms with van der Waals surface area (Å²) in [6.07, 6.45) is 6.00. The van der Waals surface area contributed by atoms with Crippen molar-refractivity contribution in [1.82, 2.24) is 9.97 Å². The number of methoxy groups -OCH3 is 1. The van der Waals surface area contributed by atoms with Crippen molar-refractivity contribution in [3.63, 3.8) is 0 Å². The van der Waals surface area contributed by atoms with E-state index < -0.39 is 11.4 Å². The summed E-state index contributed by atoms with van der Waals surface area (Å²) in [5, 5.41) is -0.489. The molecule has 100 valence electrons. The molecule has 1 aliphatic rings. The van der Waals surface area contributed by atoms with Gasteiger partial charge in [0.2, 0.25) is 0 Å². The topological polar surface area (TPSA) is 35.0 Å². The van der Waals surface area contributed by atoms with Crippen molar-refractivity contribution in [3.05, 3.63) is 21.9 Å². The summed E-state index contributed by atoms with van der Waals surface area (Å²) < 4.78 is 19.0. The second-order valence-electron chi connectivity index (χ2n) is 4.56. The highest BCUT2D eigenvalue weighted by Gasteiger charge is 2.36. The van der Waals surface area contributed by atoms with Crippen molar-refractivity contribution >= 4 is 23.2 Å². The van der Waals surface area contributed by atoms with Crippen LogP contribution in [0.25, 0.3) is 0 Å². The predicted molar refractivity (Wildman–Crippen MR) is 68.4 cm³/mol. The summed E-state index contributed by atoms with van der Waals surface area (Å²) in [6.45, 7) is 0. The molecule has 1 aromatic rings. The maximum absolute atomic E-state index is 13.4. The minimum atomic E-state index is -0.776. The van der Waals surface area contributed by atoms with E-state index >= 15 is 0 Å². The lowest BCUT2D eigenvalue weighted by molar-refractivity contribution is -0.0352. The van der Waals surface area contributed by atoms with Crippen molar-refractivity contribution in [3.8, 4) is 0 Å². The van der Waals surface area contributed by atoms with Gasteiger partial charge in [0, 0.05) is 7.11 Å². The largest absolute Gasteiger partial charge is 0.370 e. The first kappa shape index (κ1) is 14.0. The van der Waals surface area contributed by atoms with E-state index in [4.69, 9.17) is 27.9 Å². The van der Waals surface area contributed by atoms with E-state index in [0.29, 0.717) is 5.82 Å². The Kier molecular flexibility index (Phi) is 4.41. The van der Waals surface area contributed by atoms with Gasteiger partial charge in [-0.05, 0) is 12.8 Å². The van der Waals surface area contributed by atoms with E-state index in [0.717, 1.165) is 38.5 Å². The van der Waals surface area contributed by atoms with Gasteiger partial charge < -0.3 is 4.74 Å². The van der Waals surface area contributed by atoms with Crippen LogP contribution in [-0.4, -0.2) is 17.1 Å². The Bertz CT molecular complexity index is 411. The second kappa shape index (κ2) is 5.68. The summed E-state index contributed by atoms with van der Waals surface area (Å²) >= 11 is 11.5. The molecule has 0 spiro atoms. The summed E-state index contributed by atoms with van der Waals surface area (Å²) in [6, 6.07) is 0. The summed E-state index contributed by atoms with van der Waals surface area (Å²) in [4.78, 5) is 8.02. The molecule has 0 amide bonds. The Labute approximate surface area is 116 Å². The van der Waals surface area contributed by atoms with Crippen LogP contribution in [0.1, 0.15) is 44.3 Å². The fourth-order valence-electron chi connectivity index (χ4n) is 2.42. The molecule has 0 saturated heterocycles. The highest BCUT2D eigenvalue weighted by Crippen LogP contribution is 2.38. The number of nitrogens with zero attached hydrogens (tertiary/aromatic N) is 2. The van der Waals surface area contributed by atoms with Crippen LogP contribution < -0.4 is 0 Å². The Morgan fingerprint density at radius 3 is 2.00 bits per heavy atom. The maximum Gasteiger partial charge on any atom is 0.197 e. The first-order valence-corrected chi connectivity index (χ1v) is 6.79. The lowest BCUT2D eigenvalue weighted by Gasteiger charge is -2.29. The fraction of sp³-hybridized carbons (Fsp3) is 0.667. The molecule has 0 radical (unpaired) electrons. The molecule has 1 aliphatic carbocycles. The summed E-state index contributed by atoms with van der Waals surface area (Å²) in [5.41, 5.74) is -0.586. The third-order valence-corrected chi connectivity index (χ3v) is 3.98. The third kappa shape index (κ3) is 2.60. The van der Waals surface area contributed by atoms with Crippen LogP contribution in [0.15, 0.2) is 0 Å². The van der Waals surface area contributed by atoms with Gasteiger partial charge in [-0.2, -0.15) is 0 Å². The van der Waals surface area contributed by atoms with Gasteiger partial charge in [0.25, 0.3) is 0 Å². The normalized spacial score (nSPS) is 19.6. The number of ether oxygens (including phenoxy) is 1. The minimum absolute atomic E-state index is 0.245. The van der Waals surface area contributed by atoms with Crippen molar-refractivity contribution in [2.24, 2.45) is 0 Å². The standard InChI is InChI=1S/C12H15Cl2FN2O/c1-18-12(6-4-2-3-5-7-12)11-16-9(13)8(15)10(14)17-11/h2-7H2,1H3. The zero-order chi connectivity index (χ0) is 13.2. The molecular weight excluding hydrogens is 278 g/mol. The number of hydrogen-bond donors (Lipinski definition) is 0. The van der Waals surface area contributed by atoms with E-state index in [2.05, 4.69) is 9.97 Å². The average molecular weight is 293 g/mol. The van der Waals surface area contributed by atoms with Crippen LogP contribution >= 0.6 is 23.2 Å². The van der Waals surface area contributed by atoms with Crippen molar-refractivity contribution in [1.29, 1.82) is 0 Å². The van der Waals surface area contributed by atoms with E-state index in [1.165, 1.54) is 0 Å². The smallest absolute Gasteiger partial charge is 0.197 e. The zero-order valence-corrected chi connectivity index (χ0v) is 11.7. The fourth-order valence-corrected chi connectivity index (χ4v) is 2.80. The molecule has 6 heteroatoms. The highest BCUT2D eigenvalue weighted by molar-refractivity contribution is 6.33. The monoisotopic (exact) mass is 292 g/mol. The minimum Gasteiger partial charge on any atom is -0.370 e. The van der Waals surface area contributed by atoms with Gasteiger partial charge in [-0.25, -0.2) is 14.4 Å². The molecular formula is C12H15Cl2FN2O. The van der Waals surface area contributed by atoms with Gasteiger partial charge >= 0.3 is 0 Å². The predicted octanol–water partition coefficient (Wildman–Crippen LogP) is 4.12. The molecule has 18 heavy (non-hydrogen) atoms. The van der Waals surface area contributed by atoms with Crippen LogP contribution in [0.4, 0.5) is 4.39 Å². The molecule has 0 unspecified atom stereocenters. The molecule has 1 saturated carbocycles. The Morgan fingerprint density at radius 2 is 1.56 bits per heavy atom. The summed E-state index contributed by atoms with van der Waals surface area (Å²) in [5.74, 6) is -0.384. The molecule has 0 aliphatic heterocycles. The molecule has 2 rings (SSSR count). The van der Waals surface area contributed by atoms with Crippen LogP contribution in [-0.2, 0) is 10.3 Å². The SMILES string of the molecule is COC1(c2nc(Cl)c(F)c(Cl)n2)CCCCCC1. The first-order valence-electron chi connectivity index (χ1n) is 6.03. The van der Waals surface area contributed by atoms with Crippen LogP contribution in [0.5, 0.6) is 0 Å². The number of halogens is 3. The van der Waals surface area contributed by atoms with E-state index in [-0.39, 0.29) is 10.3 Å². The number of rotatable bonds is 2. The highest BCUT2D eigenvalue weighted by atomic mass is 35.5. The van der Waals surface area contributed by atoms with Gasteiger partial charge in [-0.15, -0.1) is 0 Å². The first-order chi connectivity index (χ1) is 8.59. The van der Waals surface area contributed by atoms with E-state index in [1.807, 2.05) is 0 Å². The number of aromatic nitrogens is 2. The summed E-state index contributed by atoms with van der Waals surface area (Å²) in [7, 11) is 1.62. The molecule has 0 N–H and O–H groups in total.